The molecule has 5 heteroatoms. The Balaban J connectivity index is 2.23. The van der Waals surface area contributed by atoms with Gasteiger partial charge in [0.1, 0.15) is 0 Å². The number of amides is 1. The summed E-state index contributed by atoms with van der Waals surface area (Å²) >= 11 is 5.72. The summed E-state index contributed by atoms with van der Waals surface area (Å²) in [4.78, 5) is 14.7. The van der Waals surface area contributed by atoms with Crippen LogP contribution in [0.5, 0.6) is 0 Å². The van der Waals surface area contributed by atoms with Gasteiger partial charge in [0, 0.05) is 20.6 Å². The highest BCUT2D eigenvalue weighted by molar-refractivity contribution is 14.1. The molecule has 0 spiro atoms. The molecule has 104 valence electrons. The summed E-state index contributed by atoms with van der Waals surface area (Å²) in [6.45, 7) is 1.49. The Morgan fingerprint density at radius 2 is 2.26 bits per heavy atom. The fourth-order valence-corrected chi connectivity index (χ4v) is 3.48. The van der Waals surface area contributed by atoms with Gasteiger partial charge in [-0.15, -0.1) is 0 Å². The summed E-state index contributed by atoms with van der Waals surface area (Å²) in [6, 6.07) is 6.18. The first-order chi connectivity index (χ1) is 9.13. The Morgan fingerprint density at radius 1 is 1.47 bits per heavy atom. The molecule has 0 radical (unpaired) electrons. The van der Waals surface area contributed by atoms with E-state index >= 15 is 0 Å². The summed E-state index contributed by atoms with van der Waals surface area (Å²) in [6.07, 6.45) is 4.26. The standard InChI is InChI=1S/C14H18BrIN2O/c15-13-5-4-10(16)9-12(13)14(19)18-8-2-1-3-11(18)6-7-17/h4-5,9,11H,1-3,6-8,17H2. The van der Waals surface area contributed by atoms with Gasteiger partial charge >= 0.3 is 0 Å². The van der Waals surface area contributed by atoms with E-state index in [-0.39, 0.29) is 5.91 Å². The monoisotopic (exact) mass is 436 g/mol. The molecule has 1 saturated heterocycles. The molecular weight excluding hydrogens is 419 g/mol. The van der Waals surface area contributed by atoms with Crippen LogP contribution in [0.4, 0.5) is 0 Å². The van der Waals surface area contributed by atoms with Crippen molar-refractivity contribution in [1.82, 2.24) is 4.90 Å². The van der Waals surface area contributed by atoms with Crippen LogP contribution in [0.25, 0.3) is 0 Å². The minimum Gasteiger partial charge on any atom is -0.336 e. The van der Waals surface area contributed by atoms with Gasteiger partial charge in [-0.25, -0.2) is 0 Å². The van der Waals surface area contributed by atoms with E-state index in [9.17, 15) is 4.79 Å². The molecule has 19 heavy (non-hydrogen) atoms. The largest absolute Gasteiger partial charge is 0.336 e. The molecule has 1 unspecified atom stereocenters. The van der Waals surface area contributed by atoms with Crippen LogP contribution in [0, 0.1) is 3.57 Å². The maximum Gasteiger partial charge on any atom is 0.255 e. The number of carbonyl (C=O) groups excluding carboxylic acids is 1. The average molecular weight is 437 g/mol. The SMILES string of the molecule is NCCC1CCCCN1C(=O)c1cc(I)ccc1Br. The highest BCUT2D eigenvalue weighted by Crippen LogP contribution is 2.26. The van der Waals surface area contributed by atoms with Crippen molar-refractivity contribution in [2.75, 3.05) is 13.1 Å². The van der Waals surface area contributed by atoms with Gasteiger partial charge < -0.3 is 10.6 Å². The predicted octanol–water partition coefficient (Wildman–Crippen LogP) is 3.40. The van der Waals surface area contributed by atoms with Gasteiger partial charge in [-0.3, -0.25) is 4.79 Å². The number of nitrogens with two attached hydrogens (primary N) is 1. The van der Waals surface area contributed by atoms with E-state index in [4.69, 9.17) is 5.73 Å². The minimum atomic E-state index is 0.128. The molecule has 0 aromatic heterocycles. The summed E-state index contributed by atoms with van der Waals surface area (Å²) in [5.41, 5.74) is 6.43. The van der Waals surface area contributed by atoms with Crippen LogP contribution in [0.3, 0.4) is 0 Å². The number of carbonyl (C=O) groups is 1. The number of rotatable bonds is 3. The molecule has 0 aliphatic carbocycles. The number of hydrogen-bond donors (Lipinski definition) is 1. The van der Waals surface area contributed by atoms with Gasteiger partial charge in [0.2, 0.25) is 0 Å². The van der Waals surface area contributed by atoms with E-state index in [2.05, 4.69) is 38.5 Å². The van der Waals surface area contributed by atoms with Crippen LogP contribution in [-0.2, 0) is 0 Å². The molecule has 2 rings (SSSR count). The fourth-order valence-electron chi connectivity index (χ4n) is 2.58. The molecule has 1 aromatic rings. The van der Waals surface area contributed by atoms with Crippen molar-refractivity contribution in [2.45, 2.75) is 31.7 Å². The lowest BCUT2D eigenvalue weighted by Crippen LogP contribution is -2.44. The van der Waals surface area contributed by atoms with E-state index in [1.54, 1.807) is 0 Å². The van der Waals surface area contributed by atoms with Gasteiger partial charge in [-0.1, -0.05) is 0 Å². The Morgan fingerprint density at radius 3 is 3.00 bits per heavy atom. The van der Waals surface area contributed by atoms with E-state index in [0.29, 0.717) is 12.6 Å². The number of piperidine rings is 1. The van der Waals surface area contributed by atoms with Gasteiger partial charge in [0.25, 0.3) is 5.91 Å². The summed E-state index contributed by atoms with van der Waals surface area (Å²) in [5, 5.41) is 0. The van der Waals surface area contributed by atoms with Crippen LogP contribution in [-0.4, -0.2) is 29.9 Å². The minimum absolute atomic E-state index is 0.128. The maximum absolute atomic E-state index is 12.7. The van der Waals surface area contributed by atoms with Crippen molar-refractivity contribution < 1.29 is 4.79 Å². The third-order valence-corrected chi connectivity index (χ3v) is 4.91. The topological polar surface area (TPSA) is 46.3 Å². The van der Waals surface area contributed by atoms with Gasteiger partial charge in [0.05, 0.1) is 5.56 Å². The zero-order chi connectivity index (χ0) is 13.8. The molecule has 1 aliphatic rings. The smallest absolute Gasteiger partial charge is 0.255 e. The lowest BCUT2D eigenvalue weighted by molar-refractivity contribution is 0.0604. The first-order valence-corrected chi connectivity index (χ1v) is 8.46. The summed E-state index contributed by atoms with van der Waals surface area (Å²) in [5.74, 6) is 0.128. The zero-order valence-electron chi connectivity index (χ0n) is 10.7. The first kappa shape index (κ1) is 15.3. The van der Waals surface area contributed by atoms with Crippen LogP contribution in [0.15, 0.2) is 22.7 Å². The molecular formula is C14H18BrIN2O. The molecule has 1 fully saturated rings. The second-order valence-corrected chi connectivity index (χ2v) is 6.95. The van der Waals surface area contributed by atoms with Crippen LogP contribution >= 0.6 is 38.5 Å². The van der Waals surface area contributed by atoms with Gasteiger partial charge in [-0.2, -0.15) is 0 Å². The molecule has 1 aromatic carbocycles. The molecule has 1 amide bonds. The number of halogens is 2. The van der Waals surface area contributed by atoms with E-state index in [0.717, 1.165) is 39.4 Å². The summed E-state index contributed by atoms with van der Waals surface area (Å²) < 4.78 is 1.95. The molecule has 0 saturated carbocycles. The average Bonchev–Trinajstić information content (AvgIpc) is 2.42. The van der Waals surface area contributed by atoms with Crippen molar-refractivity contribution in [3.05, 3.63) is 31.8 Å². The van der Waals surface area contributed by atoms with Crippen molar-refractivity contribution in [2.24, 2.45) is 5.73 Å². The molecule has 0 bridgehead atoms. The molecule has 3 nitrogen and oxygen atoms in total. The molecule has 2 N–H and O–H groups in total. The van der Waals surface area contributed by atoms with Crippen molar-refractivity contribution >= 4 is 44.4 Å². The number of hydrogen-bond acceptors (Lipinski definition) is 2. The Hall–Kier alpha value is -0.140. The lowest BCUT2D eigenvalue weighted by atomic mass is 9.98. The Kier molecular flexibility index (Phi) is 5.65. The Bertz CT molecular complexity index is 465. The number of benzene rings is 1. The van der Waals surface area contributed by atoms with Crippen LogP contribution in [0.1, 0.15) is 36.0 Å². The molecule has 1 heterocycles. The number of likely N-dealkylation sites (tertiary alicyclic amines) is 1. The maximum atomic E-state index is 12.7. The number of nitrogens with zero attached hydrogens (tertiary/aromatic N) is 1. The third kappa shape index (κ3) is 3.70. The van der Waals surface area contributed by atoms with E-state index in [1.807, 2.05) is 23.1 Å². The van der Waals surface area contributed by atoms with E-state index in [1.165, 1.54) is 6.42 Å². The van der Waals surface area contributed by atoms with Crippen molar-refractivity contribution in [3.63, 3.8) is 0 Å². The van der Waals surface area contributed by atoms with Crippen LogP contribution in [0.2, 0.25) is 0 Å². The fraction of sp³-hybridized carbons (Fsp3) is 0.500. The predicted molar refractivity (Wildman–Crippen MR) is 89.2 cm³/mol. The van der Waals surface area contributed by atoms with Crippen molar-refractivity contribution in [1.29, 1.82) is 0 Å². The highest BCUT2D eigenvalue weighted by Gasteiger charge is 2.27. The zero-order valence-corrected chi connectivity index (χ0v) is 14.5. The summed E-state index contributed by atoms with van der Waals surface area (Å²) in [7, 11) is 0. The third-order valence-electron chi connectivity index (χ3n) is 3.55. The van der Waals surface area contributed by atoms with Gasteiger partial charge in [-0.05, 0) is 88.9 Å². The molecule has 1 aliphatic heterocycles. The Labute approximate surface area is 136 Å². The molecule has 1 atom stereocenters. The van der Waals surface area contributed by atoms with Crippen molar-refractivity contribution in [3.8, 4) is 0 Å². The van der Waals surface area contributed by atoms with E-state index < -0.39 is 0 Å². The van der Waals surface area contributed by atoms with Crippen LogP contribution < -0.4 is 5.73 Å². The normalized spacial score (nSPS) is 19.5. The highest BCUT2D eigenvalue weighted by atomic mass is 127. The first-order valence-electron chi connectivity index (χ1n) is 6.59. The second kappa shape index (κ2) is 7.04. The quantitative estimate of drug-likeness (QED) is 0.738. The van der Waals surface area contributed by atoms with Gasteiger partial charge in [0.15, 0.2) is 0 Å². The lowest BCUT2D eigenvalue weighted by Gasteiger charge is -2.36. The second-order valence-electron chi connectivity index (χ2n) is 4.85.